The van der Waals surface area contributed by atoms with Gasteiger partial charge >= 0.3 is 5.97 Å². The Hall–Kier alpha value is -2.85. The summed E-state index contributed by atoms with van der Waals surface area (Å²) in [5, 5.41) is 6.48. The fraction of sp³-hybridized carbons (Fsp3) is 0.280. The van der Waals surface area contributed by atoms with E-state index in [1.54, 1.807) is 11.3 Å². The number of anilines is 1. The highest BCUT2D eigenvalue weighted by Gasteiger charge is 2.29. The molecule has 0 saturated carbocycles. The molecule has 5 heteroatoms. The van der Waals surface area contributed by atoms with Crippen molar-refractivity contribution >= 4 is 33.1 Å². The van der Waals surface area contributed by atoms with Gasteiger partial charge in [0.25, 0.3) is 0 Å². The fourth-order valence-electron chi connectivity index (χ4n) is 4.39. The second-order valence-electron chi connectivity index (χ2n) is 7.91. The molecule has 1 unspecified atom stereocenters. The van der Waals surface area contributed by atoms with Crippen LogP contribution in [0.5, 0.6) is 0 Å². The van der Waals surface area contributed by atoms with Crippen molar-refractivity contribution in [3.8, 4) is 0 Å². The number of hydrogen-bond donors (Lipinski definition) is 1. The lowest BCUT2D eigenvalue weighted by atomic mass is 9.84. The third-order valence-corrected chi connectivity index (χ3v) is 7.02. The number of nitrogens with one attached hydrogen (secondary N) is 1. The zero-order valence-electron chi connectivity index (χ0n) is 16.7. The normalized spacial score (nSPS) is 21.1. The molecule has 0 radical (unpaired) electrons. The van der Waals surface area contributed by atoms with Crippen LogP contribution in [0.3, 0.4) is 0 Å². The summed E-state index contributed by atoms with van der Waals surface area (Å²) >= 11 is 1.64. The van der Waals surface area contributed by atoms with E-state index in [2.05, 4.69) is 28.1 Å². The molecular weight excluding hydrogens is 392 g/mol. The number of thiophene rings is 1. The molecular formula is C25H24N2O2S. The summed E-state index contributed by atoms with van der Waals surface area (Å²) in [6, 6.07) is 17.3. The second-order valence-corrected chi connectivity index (χ2v) is 8.82. The molecule has 152 valence electrons. The zero-order valence-corrected chi connectivity index (χ0v) is 17.5. The van der Waals surface area contributed by atoms with Crippen LogP contribution < -0.4 is 5.32 Å². The number of piperidine rings is 3. The molecule has 3 fully saturated rings. The van der Waals surface area contributed by atoms with Gasteiger partial charge in [-0.25, -0.2) is 4.79 Å². The maximum Gasteiger partial charge on any atom is 0.338 e. The summed E-state index contributed by atoms with van der Waals surface area (Å²) in [5.74, 6) is 0.265. The van der Waals surface area contributed by atoms with E-state index < -0.39 is 6.04 Å². The molecule has 3 saturated heterocycles. The van der Waals surface area contributed by atoms with Gasteiger partial charge in [0.05, 0.1) is 0 Å². The minimum absolute atomic E-state index is 0.322. The number of carbonyl (C=O) groups is 1. The zero-order chi connectivity index (χ0) is 20.3. The van der Waals surface area contributed by atoms with Gasteiger partial charge in [-0.05, 0) is 66.4 Å². The van der Waals surface area contributed by atoms with Crippen LogP contribution in [0, 0.1) is 5.92 Å². The Balaban J connectivity index is 1.41. The average Bonchev–Trinajstić information content (AvgIpc) is 3.23. The Morgan fingerprint density at radius 2 is 1.90 bits per heavy atom. The topological polar surface area (TPSA) is 41.6 Å². The van der Waals surface area contributed by atoms with E-state index in [4.69, 9.17) is 4.74 Å². The predicted molar refractivity (Wildman–Crippen MR) is 121 cm³/mol. The van der Waals surface area contributed by atoms with E-state index in [0.717, 1.165) is 27.9 Å². The van der Waals surface area contributed by atoms with E-state index in [0.29, 0.717) is 5.92 Å². The molecule has 0 amide bonds. The van der Waals surface area contributed by atoms with Gasteiger partial charge in [-0.15, -0.1) is 11.3 Å². The highest BCUT2D eigenvalue weighted by atomic mass is 32.1. The minimum Gasteiger partial charge on any atom is -0.424 e. The molecule has 4 heterocycles. The van der Waals surface area contributed by atoms with Gasteiger partial charge in [0.1, 0.15) is 6.26 Å². The summed E-state index contributed by atoms with van der Waals surface area (Å²) in [7, 11) is 0. The molecule has 1 N–H and O–H groups in total. The Morgan fingerprint density at radius 3 is 2.67 bits per heavy atom. The first kappa shape index (κ1) is 19.1. The number of nitrogens with zero attached hydrogens (tertiary/aromatic N) is 1. The van der Waals surface area contributed by atoms with Crippen LogP contribution in [-0.2, 0) is 9.53 Å². The average molecular weight is 417 g/mol. The minimum atomic E-state index is -0.585. The molecule has 1 atom stereocenters. The number of carbonyl (C=O) groups excluding carboxylic acids is 1. The van der Waals surface area contributed by atoms with E-state index in [1.165, 1.54) is 37.8 Å². The van der Waals surface area contributed by atoms with Crippen molar-refractivity contribution in [2.75, 3.05) is 25.0 Å². The van der Waals surface area contributed by atoms with Crippen LogP contribution in [0.4, 0.5) is 5.69 Å². The van der Waals surface area contributed by atoms with Crippen LogP contribution in [0.2, 0.25) is 0 Å². The molecule has 3 aromatic rings. The van der Waals surface area contributed by atoms with Crippen molar-refractivity contribution in [2.24, 2.45) is 5.92 Å². The van der Waals surface area contributed by atoms with Gasteiger partial charge in [0, 0.05) is 22.5 Å². The van der Waals surface area contributed by atoms with Crippen molar-refractivity contribution in [1.82, 2.24) is 4.90 Å². The van der Waals surface area contributed by atoms with E-state index >= 15 is 0 Å². The SMILES string of the molecule is O=C(OC=C=C1CN2CCC1CC2)C(Nc1ccccc1)c1csc2ccccc12. The highest BCUT2D eigenvalue weighted by Crippen LogP contribution is 2.33. The van der Waals surface area contributed by atoms with Crippen LogP contribution in [0.15, 0.2) is 77.5 Å². The number of hydrogen-bond acceptors (Lipinski definition) is 5. The first-order valence-electron chi connectivity index (χ1n) is 10.4. The number of benzene rings is 2. The molecule has 3 aliphatic rings. The van der Waals surface area contributed by atoms with E-state index in [9.17, 15) is 4.79 Å². The lowest BCUT2D eigenvalue weighted by molar-refractivity contribution is -0.139. The molecule has 2 aromatic carbocycles. The van der Waals surface area contributed by atoms with Gasteiger partial charge < -0.3 is 10.1 Å². The molecule has 30 heavy (non-hydrogen) atoms. The largest absolute Gasteiger partial charge is 0.424 e. The van der Waals surface area contributed by atoms with Gasteiger partial charge in [0.15, 0.2) is 6.04 Å². The molecule has 2 bridgehead atoms. The maximum absolute atomic E-state index is 13.1. The summed E-state index contributed by atoms with van der Waals surface area (Å²) in [6.07, 6.45) is 3.83. The summed E-state index contributed by atoms with van der Waals surface area (Å²) < 4.78 is 6.74. The molecule has 0 spiro atoms. The number of ether oxygens (including phenoxy) is 1. The van der Waals surface area contributed by atoms with Crippen LogP contribution in [-0.4, -0.2) is 30.5 Å². The molecule has 3 aliphatic heterocycles. The third kappa shape index (κ3) is 3.92. The van der Waals surface area contributed by atoms with E-state index in [-0.39, 0.29) is 5.97 Å². The summed E-state index contributed by atoms with van der Waals surface area (Å²) in [6.45, 7) is 3.29. The number of para-hydroxylation sites is 1. The Morgan fingerprint density at radius 1 is 1.13 bits per heavy atom. The number of esters is 1. The molecule has 1 aromatic heterocycles. The maximum atomic E-state index is 13.1. The van der Waals surface area contributed by atoms with Gasteiger partial charge in [-0.1, -0.05) is 42.1 Å². The smallest absolute Gasteiger partial charge is 0.338 e. The van der Waals surface area contributed by atoms with Crippen LogP contribution in [0.1, 0.15) is 24.4 Å². The van der Waals surface area contributed by atoms with Crippen molar-refractivity contribution in [3.63, 3.8) is 0 Å². The molecule has 4 nitrogen and oxygen atoms in total. The first-order valence-corrected chi connectivity index (χ1v) is 11.3. The van der Waals surface area contributed by atoms with Gasteiger partial charge in [-0.3, -0.25) is 4.90 Å². The van der Waals surface area contributed by atoms with E-state index in [1.807, 2.05) is 47.8 Å². The Bertz CT molecular complexity index is 1110. The standard InChI is InChI=1S/C25H24N2O2S/c28-25(29-15-12-19-16-27-13-10-18(19)11-14-27)24(26-20-6-2-1-3-7-20)22-17-30-23-9-5-4-8-21(22)23/h1-9,15,17-18,24,26H,10-11,13-14,16H2. The van der Waals surface area contributed by atoms with Crippen molar-refractivity contribution in [1.29, 1.82) is 0 Å². The lowest BCUT2D eigenvalue weighted by Crippen LogP contribution is -2.42. The number of fused-ring (bicyclic) bond motifs is 4. The van der Waals surface area contributed by atoms with Crippen molar-refractivity contribution in [2.45, 2.75) is 18.9 Å². The highest BCUT2D eigenvalue weighted by molar-refractivity contribution is 7.17. The van der Waals surface area contributed by atoms with Gasteiger partial charge in [0.2, 0.25) is 0 Å². The van der Waals surface area contributed by atoms with Crippen LogP contribution in [0.25, 0.3) is 10.1 Å². The van der Waals surface area contributed by atoms with Gasteiger partial charge in [-0.2, -0.15) is 0 Å². The van der Waals surface area contributed by atoms with Crippen LogP contribution >= 0.6 is 11.3 Å². The summed E-state index contributed by atoms with van der Waals surface area (Å²) in [5.41, 5.74) is 6.35. The Labute approximate surface area is 180 Å². The van der Waals surface area contributed by atoms with Crippen molar-refractivity contribution in [3.05, 3.63) is 83.1 Å². The molecule has 6 rings (SSSR count). The fourth-order valence-corrected chi connectivity index (χ4v) is 5.38. The number of rotatable bonds is 5. The monoisotopic (exact) mass is 416 g/mol. The van der Waals surface area contributed by atoms with Crippen molar-refractivity contribution < 1.29 is 9.53 Å². The third-order valence-electron chi connectivity index (χ3n) is 6.04. The Kier molecular flexibility index (Phi) is 5.41. The predicted octanol–water partition coefficient (Wildman–Crippen LogP) is 5.36. The second kappa shape index (κ2) is 8.49. The molecule has 0 aliphatic carbocycles. The quantitative estimate of drug-likeness (QED) is 0.345. The first-order chi connectivity index (χ1) is 14.8. The lowest BCUT2D eigenvalue weighted by Gasteiger charge is -2.39. The summed E-state index contributed by atoms with van der Waals surface area (Å²) in [4.78, 5) is 15.6.